The first-order valence-corrected chi connectivity index (χ1v) is 7.55. The van der Waals surface area contributed by atoms with Gasteiger partial charge in [0, 0.05) is 13.5 Å². The first-order chi connectivity index (χ1) is 9.84. The second-order valence-electron chi connectivity index (χ2n) is 4.82. The third-order valence-corrected chi connectivity index (χ3v) is 4.52. The summed E-state index contributed by atoms with van der Waals surface area (Å²) >= 11 is 1.15. The Morgan fingerprint density at radius 1 is 1.24 bits per heavy atom. The summed E-state index contributed by atoms with van der Waals surface area (Å²) in [6.07, 6.45) is 0.890. The molecule has 0 bridgehead atoms. The number of amides is 2. The maximum absolute atomic E-state index is 12.0. The van der Waals surface area contributed by atoms with E-state index in [1.165, 1.54) is 6.92 Å². The second kappa shape index (κ2) is 7.21. The molecule has 1 aromatic heterocycles. The fourth-order valence-corrected chi connectivity index (χ4v) is 2.78. The number of carboxylic acids is 1. The molecule has 1 rings (SSSR count). The van der Waals surface area contributed by atoms with E-state index in [1.807, 2.05) is 0 Å². The molecule has 0 saturated carbocycles. The van der Waals surface area contributed by atoms with Gasteiger partial charge in [-0.15, -0.1) is 11.3 Å². The summed E-state index contributed by atoms with van der Waals surface area (Å²) in [4.78, 5) is 34.8. The molecule has 0 radical (unpaired) electrons. The molecule has 1 aromatic rings. The van der Waals surface area contributed by atoms with Crippen LogP contribution in [0.5, 0.6) is 0 Å². The van der Waals surface area contributed by atoms with Crippen LogP contribution < -0.4 is 10.6 Å². The number of thiophene rings is 1. The molecule has 0 aromatic carbocycles. The average Bonchev–Trinajstić information content (AvgIpc) is 2.87. The van der Waals surface area contributed by atoms with Crippen molar-refractivity contribution in [2.75, 3.05) is 11.9 Å². The van der Waals surface area contributed by atoms with Gasteiger partial charge >= 0.3 is 5.97 Å². The van der Waals surface area contributed by atoms with Gasteiger partial charge in [-0.05, 0) is 25.0 Å². The van der Waals surface area contributed by atoms with E-state index in [1.54, 1.807) is 26.0 Å². The quantitative estimate of drug-likeness (QED) is 0.720. The van der Waals surface area contributed by atoms with Gasteiger partial charge in [-0.25, -0.2) is 0 Å². The topological polar surface area (TPSA) is 95.5 Å². The lowest BCUT2D eigenvalue weighted by atomic mass is 9.82. The molecule has 116 valence electrons. The molecule has 7 heteroatoms. The van der Waals surface area contributed by atoms with E-state index in [0.717, 1.165) is 11.3 Å². The lowest BCUT2D eigenvalue weighted by Crippen LogP contribution is -2.42. The van der Waals surface area contributed by atoms with Crippen molar-refractivity contribution < 1.29 is 19.5 Å². The number of aliphatic carboxylic acids is 1. The van der Waals surface area contributed by atoms with Gasteiger partial charge < -0.3 is 15.7 Å². The minimum absolute atomic E-state index is 0.0849. The standard InChI is InChI=1S/C14H20N2O4S/c1-4-14(5-2,13(19)20)8-15-12(18)10-6-7-11(21-10)16-9(3)17/h6-7H,4-5,8H2,1-3H3,(H,15,18)(H,16,17)(H,19,20). The highest BCUT2D eigenvalue weighted by atomic mass is 32.1. The van der Waals surface area contributed by atoms with Crippen LogP contribution in [-0.2, 0) is 9.59 Å². The number of carbonyl (C=O) groups excluding carboxylic acids is 2. The van der Waals surface area contributed by atoms with Crippen molar-refractivity contribution in [1.29, 1.82) is 0 Å². The molecule has 2 amide bonds. The fraction of sp³-hybridized carbons (Fsp3) is 0.500. The maximum Gasteiger partial charge on any atom is 0.311 e. The smallest absolute Gasteiger partial charge is 0.311 e. The van der Waals surface area contributed by atoms with Gasteiger partial charge in [-0.1, -0.05) is 13.8 Å². The summed E-state index contributed by atoms with van der Waals surface area (Å²) < 4.78 is 0. The van der Waals surface area contributed by atoms with Crippen LogP contribution in [0.1, 0.15) is 43.3 Å². The van der Waals surface area contributed by atoms with Gasteiger partial charge in [0.2, 0.25) is 5.91 Å². The molecule has 0 saturated heterocycles. The zero-order chi connectivity index (χ0) is 16.0. The molecule has 0 aliphatic heterocycles. The summed E-state index contributed by atoms with van der Waals surface area (Å²) in [6, 6.07) is 3.25. The number of nitrogens with one attached hydrogen (secondary N) is 2. The van der Waals surface area contributed by atoms with Crippen molar-refractivity contribution >= 4 is 34.1 Å². The van der Waals surface area contributed by atoms with Crippen LogP contribution >= 0.6 is 11.3 Å². The first kappa shape index (κ1) is 17.2. The number of carboxylic acid groups (broad SMARTS) is 1. The van der Waals surface area contributed by atoms with Gasteiger partial charge in [-0.3, -0.25) is 14.4 Å². The molecule has 0 fully saturated rings. The van der Waals surface area contributed by atoms with E-state index >= 15 is 0 Å². The van der Waals surface area contributed by atoms with Crippen LogP contribution in [0.4, 0.5) is 5.00 Å². The van der Waals surface area contributed by atoms with Gasteiger partial charge in [0.15, 0.2) is 0 Å². The van der Waals surface area contributed by atoms with Crippen LogP contribution in [0.2, 0.25) is 0 Å². The van der Waals surface area contributed by atoms with E-state index in [0.29, 0.717) is 22.7 Å². The van der Waals surface area contributed by atoms with Crippen molar-refractivity contribution in [3.63, 3.8) is 0 Å². The second-order valence-corrected chi connectivity index (χ2v) is 5.90. The normalized spacial score (nSPS) is 11.0. The lowest BCUT2D eigenvalue weighted by molar-refractivity contribution is -0.149. The molecule has 0 atom stereocenters. The third kappa shape index (κ3) is 4.29. The van der Waals surface area contributed by atoms with Crippen LogP contribution in [0.25, 0.3) is 0 Å². The minimum Gasteiger partial charge on any atom is -0.481 e. The van der Waals surface area contributed by atoms with Gasteiger partial charge in [-0.2, -0.15) is 0 Å². The maximum atomic E-state index is 12.0. The summed E-state index contributed by atoms with van der Waals surface area (Å²) in [5.74, 6) is -1.44. The van der Waals surface area contributed by atoms with Gasteiger partial charge in [0.05, 0.1) is 15.3 Å². The Kier molecular flexibility index (Phi) is 5.90. The first-order valence-electron chi connectivity index (χ1n) is 6.73. The van der Waals surface area contributed by atoms with Crippen LogP contribution in [0.15, 0.2) is 12.1 Å². The van der Waals surface area contributed by atoms with Crippen LogP contribution in [0.3, 0.4) is 0 Å². The molecule has 6 nitrogen and oxygen atoms in total. The van der Waals surface area contributed by atoms with Crippen molar-refractivity contribution in [3.05, 3.63) is 17.0 Å². The Bertz CT molecular complexity index is 535. The highest BCUT2D eigenvalue weighted by molar-refractivity contribution is 7.18. The summed E-state index contributed by atoms with van der Waals surface area (Å²) in [6.45, 7) is 5.07. The Balaban J connectivity index is 2.70. The van der Waals surface area contributed by atoms with E-state index in [-0.39, 0.29) is 18.4 Å². The molecule has 0 unspecified atom stereocenters. The van der Waals surface area contributed by atoms with Crippen molar-refractivity contribution in [1.82, 2.24) is 5.32 Å². The highest BCUT2D eigenvalue weighted by Crippen LogP contribution is 2.26. The van der Waals surface area contributed by atoms with Crippen molar-refractivity contribution in [2.24, 2.45) is 5.41 Å². The Hall–Kier alpha value is -1.89. The number of hydrogen-bond donors (Lipinski definition) is 3. The third-order valence-electron chi connectivity index (χ3n) is 3.52. The number of anilines is 1. The van der Waals surface area contributed by atoms with E-state index in [4.69, 9.17) is 0 Å². The van der Waals surface area contributed by atoms with Crippen molar-refractivity contribution in [2.45, 2.75) is 33.6 Å². The molecule has 0 aliphatic rings. The fourth-order valence-electron chi connectivity index (χ4n) is 1.92. The molecule has 21 heavy (non-hydrogen) atoms. The lowest BCUT2D eigenvalue weighted by Gasteiger charge is -2.26. The predicted molar refractivity (Wildman–Crippen MR) is 81.6 cm³/mol. The monoisotopic (exact) mass is 312 g/mol. The predicted octanol–water partition coefficient (Wildman–Crippen LogP) is 2.33. The van der Waals surface area contributed by atoms with E-state index < -0.39 is 11.4 Å². The molecular formula is C14H20N2O4S. The number of rotatable bonds is 7. The van der Waals surface area contributed by atoms with Gasteiger partial charge in [0.25, 0.3) is 5.91 Å². The Labute approximate surface area is 127 Å². The van der Waals surface area contributed by atoms with E-state index in [9.17, 15) is 19.5 Å². The Morgan fingerprint density at radius 3 is 2.33 bits per heavy atom. The molecule has 3 N–H and O–H groups in total. The molecular weight excluding hydrogens is 292 g/mol. The molecule has 1 heterocycles. The Morgan fingerprint density at radius 2 is 1.86 bits per heavy atom. The summed E-state index contributed by atoms with van der Waals surface area (Å²) in [7, 11) is 0. The minimum atomic E-state index is -0.937. The largest absolute Gasteiger partial charge is 0.481 e. The average molecular weight is 312 g/mol. The van der Waals surface area contributed by atoms with Crippen LogP contribution in [-0.4, -0.2) is 29.4 Å². The van der Waals surface area contributed by atoms with E-state index in [2.05, 4.69) is 10.6 Å². The SMILES string of the molecule is CCC(CC)(CNC(=O)c1ccc(NC(C)=O)s1)C(=O)O. The van der Waals surface area contributed by atoms with Gasteiger partial charge in [0.1, 0.15) is 0 Å². The summed E-state index contributed by atoms with van der Waals surface area (Å²) in [5, 5.41) is 15.2. The number of hydrogen-bond acceptors (Lipinski definition) is 4. The summed E-state index contributed by atoms with van der Waals surface area (Å²) in [5.41, 5.74) is -0.937. The highest BCUT2D eigenvalue weighted by Gasteiger charge is 2.35. The number of carbonyl (C=O) groups is 3. The molecule has 0 aliphatic carbocycles. The van der Waals surface area contributed by atoms with Crippen molar-refractivity contribution in [3.8, 4) is 0 Å². The zero-order valence-corrected chi connectivity index (χ0v) is 13.2. The molecule has 0 spiro atoms. The zero-order valence-electron chi connectivity index (χ0n) is 12.4. The van der Waals surface area contributed by atoms with Crippen LogP contribution in [0, 0.1) is 5.41 Å².